The fourth-order valence-electron chi connectivity index (χ4n) is 7.93. The maximum Gasteiger partial charge on any atom is -0.00197 e. The smallest absolute Gasteiger partial charge is 0.00197 e. The minimum absolute atomic E-state index is 1.22. The van der Waals surface area contributed by atoms with Gasteiger partial charge in [-0.05, 0) is 122 Å². The van der Waals surface area contributed by atoms with E-state index in [1.165, 1.54) is 98.0 Å². The van der Waals surface area contributed by atoms with Gasteiger partial charge in [0, 0.05) is 0 Å². The van der Waals surface area contributed by atoms with Crippen molar-refractivity contribution >= 4 is 64.6 Å². The molecule has 222 valence electrons. The molecule has 0 saturated carbocycles. The van der Waals surface area contributed by atoms with E-state index >= 15 is 0 Å². The van der Waals surface area contributed by atoms with Gasteiger partial charge in [0.15, 0.2) is 0 Å². The van der Waals surface area contributed by atoms with Gasteiger partial charge < -0.3 is 0 Å². The molecule has 10 aromatic carbocycles. The Bertz CT molecular complexity index is 2890. The minimum atomic E-state index is 1.22. The summed E-state index contributed by atoms with van der Waals surface area (Å²) < 4.78 is 0. The van der Waals surface area contributed by atoms with Gasteiger partial charge in [0.25, 0.3) is 0 Å². The average molecular weight is 607 g/mol. The Kier molecular flexibility index (Phi) is 5.98. The molecule has 0 aliphatic rings. The van der Waals surface area contributed by atoms with E-state index < -0.39 is 0 Å². The summed E-state index contributed by atoms with van der Waals surface area (Å²) in [4.78, 5) is 0. The fraction of sp³-hybridized carbons (Fsp3) is 0. The minimum Gasteiger partial charge on any atom is -0.0616 e. The number of fused-ring (bicyclic) bond motifs is 7. The molecule has 0 heteroatoms. The monoisotopic (exact) mass is 606 g/mol. The Hall–Kier alpha value is -6.24. The Morgan fingerprint density at radius 3 is 1.38 bits per heavy atom. The van der Waals surface area contributed by atoms with Crippen molar-refractivity contribution in [3.8, 4) is 33.4 Å². The predicted molar refractivity (Wildman–Crippen MR) is 208 cm³/mol. The number of rotatable bonds is 3. The van der Waals surface area contributed by atoms with Gasteiger partial charge >= 0.3 is 0 Å². The van der Waals surface area contributed by atoms with E-state index in [4.69, 9.17) is 0 Å². The lowest BCUT2D eigenvalue weighted by atomic mass is 9.82. The van der Waals surface area contributed by atoms with Gasteiger partial charge in [-0.2, -0.15) is 0 Å². The summed E-state index contributed by atoms with van der Waals surface area (Å²) >= 11 is 0. The van der Waals surface area contributed by atoms with Gasteiger partial charge in [-0.15, -0.1) is 0 Å². The molecule has 10 aromatic rings. The van der Waals surface area contributed by atoms with Gasteiger partial charge in [0.1, 0.15) is 0 Å². The fourth-order valence-corrected chi connectivity index (χ4v) is 7.93. The predicted octanol–water partition coefficient (Wildman–Crippen LogP) is 13.6. The zero-order valence-electron chi connectivity index (χ0n) is 26.3. The zero-order valence-corrected chi connectivity index (χ0v) is 26.3. The summed E-state index contributed by atoms with van der Waals surface area (Å²) in [6.45, 7) is 0. The van der Waals surface area contributed by atoms with Crippen molar-refractivity contribution in [1.29, 1.82) is 0 Å². The lowest BCUT2D eigenvalue weighted by molar-refractivity contribution is 1.66. The second kappa shape index (κ2) is 10.7. The second-order valence-corrected chi connectivity index (χ2v) is 12.9. The van der Waals surface area contributed by atoms with E-state index in [-0.39, 0.29) is 0 Å². The maximum absolute atomic E-state index is 2.44. The van der Waals surface area contributed by atoms with Crippen molar-refractivity contribution in [3.05, 3.63) is 182 Å². The average Bonchev–Trinajstić information content (AvgIpc) is 3.16. The summed E-state index contributed by atoms with van der Waals surface area (Å²) in [7, 11) is 0. The number of hydrogen-bond acceptors (Lipinski definition) is 0. The normalized spacial score (nSPS) is 11.8. The van der Waals surface area contributed by atoms with Crippen LogP contribution in [0.3, 0.4) is 0 Å². The summed E-state index contributed by atoms with van der Waals surface area (Å²) in [5.74, 6) is 0. The number of hydrogen-bond donors (Lipinski definition) is 0. The third-order valence-corrected chi connectivity index (χ3v) is 10.2. The largest absolute Gasteiger partial charge is 0.0616 e. The van der Waals surface area contributed by atoms with E-state index in [0.717, 1.165) is 0 Å². The molecule has 0 amide bonds. The van der Waals surface area contributed by atoms with Crippen LogP contribution in [0.4, 0.5) is 0 Å². The molecule has 0 bridgehead atoms. The molecule has 10 rings (SSSR count). The van der Waals surface area contributed by atoms with Crippen LogP contribution in [0, 0.1) is 0 Å². The van der Waals surface area contributed by atoms with Gasteiger partial charge in [-0.25, -0.2) is 0 Å². The van der Waals surface area contributed by atoms with Crippen molar-refractivity contribution in [1.82, 2.24) is 0 Å². The molecule has 0 aliphatic heterocycles. The van der Waals surface area contributed by atoms with Crippen LogP contribution in [0.1, 0.15) is 0 Å². The third kappa shape index (κ3) is 4.16. The molecular formula is C48H30. The molecule has 0 aromatic heterocycles. The molecule has 48 heavy (non-hydrogen) atoms. The van der Waals surface area contributed by atoms with Crippen LogP contribution in [-0.4, -0.2) is 0 Å². The Morgan fingerprint density at radius 2 is 0.667 bits per heavy atom. The van der Waals surface area contributed by atoms with Gasteiger partial charge in [0.2, 0.25) is 0 Å². The van der Waals surface area contributed by atoms with Crippen molar-refractivity contribution in [2.75, 3.05) is 0 Å². The molecule has 0 fully saturated rings. The Morgan fingerprint density at radius 1 is 0.208 bits per heavy atom. The first-order valence-electron chi connectivity index (χ1n) is 16.7. The van der Waals surface area contributed by atoms with Gasteiger partial charge in [0.05, 0.1) is 0 Å². The standard InChI is InChI=1S/C48H30/c1-3-13-33-27-35(23-21-31(33)11-1)36-25-26-44-46(29-36)48(45-30-37-15-5-6-16-39(37)40-17-7-8-18-41(40)45)43-20-10-9-19-42(43)47(44)38-24-22-32-12-2-4-14-34(32)28-38/h1-30H. The van der Waals surface area contributed by atoms with Gasteiger partial charge in [-0.1, -0.05) is 158 Å². The third-order valence-electron chi connectivity index (χ3n) is 10.2. The first-order valence-corrected chi connectivity index (χ1v) is 16.7. The molecule has 0 saturated heterocycles. The molecule has 0 spiro atoms. The van der Waals surface area contributed by atoms with E-state index in [9.17, 15) is 0 Å². The van der Waals surface area contributed by atoms with Crippen LogP contribution in [0.2, 0.25) is 0 Å². The lowest BCUT2D eigenvalue weighted by Crippen LogP contribution is -1.93. The summed E-state index contributed by atoms with van der Waals surface area (Å²) in [6.07, 6.45) is 0. The highest BCUT2D eigenvalue weighted by atomic mass is 14.2. The van der Waals surface area contributed by atoms with Crippen molar-refractivity contribution in [2.24, 2.45) is 0 Å². The lowest BCUT2D eigenvalue weighted by Gasteiger charge is -2.20. The van der Waals surface area contributed by atoms with E-state index in [1.807, 2.05) is 0 Å². The highest BCUT2D eigenvalue weighted by Crippen LogP contribution is 2.47. The van der Waals surface area contributed by atoms with E-state index in [2.05, 4.69) is 182 Å². The van der Waals surface area contributed by atoms with E-state index in [0.29, 0.717) is 0 Å². The molecule has 0 N–H and O–H groups in total. The molecule has 0 atom stereocenters. The SMILES string of the molecule is c1ccc2cc(-c3ccc4c(-c5ccc6ccccc6c5)c5ccccc5c(-c5cc6ccccc6c6ccccc56)c4c3)ccc2c1. The molecule has 0 aliphatic carbocycles. The zero-order chi connectivity index (χ0) is 31.6. The highest BCUT2D eigenvalue weighted by molar-refractivity contribution is 6.26. The molecular weight excluding hydrogens is 577 g/mol. The number of benzene rings is 10. The summed E-state index contributed by atoms with van der Waals surface area (Å²) in [5.41, 5.74) is 7.53. The topological polar surface area (TPSA) is 0 Å². The van der Waals surface area contributed by atoms with Crippen molar-refractivity contribution < 1.29 is 0 Å². The molecule has 0 unspecified atom stereocenters. The van der Waals surface area contributed by atoms with Crippen LogP contribution in [-0.2, 0) is 0 Å². The molecule has 0 heterocycles. The van der Waals surface area contributed by atoms with Crippen LogP contribution >= 0.6 is 0 Å². The van der Waals surface area contributed by atoms with Crippen LogP contribution in [0.5, 0.6) is 0 Å². The first-order chi connectivity index (χ1) is 23.8. The highest BCUT2D eigenvalue weighted by Gasteiger charge is 2.20. The quantitative estimate of drug-likeness (QED) is 0.139. The Labute approximate surface area is 279 Å². The Balaban J connectivity index is 1.37. The molecule has 0 radical (unpaired) electrons. The second-order valence-electron chi connectivity index (χ2n) is 12.9. The molecule has 0 nitrogen and oxygen atoms in total. The summed E-state index contributed by atoms with van der Waals surface area (Å²) in [6, 6.07) is 67.3. The first kappa shape index (κ1) is 26.9. The van der Waals surface area contributed by atoms with E-state index in [1.54, 1.807) is 0 Å². The van der Waals surface area contributed by atoms with Crippen LogP contribution in [0.25, 0.3) is 98.0 Å². The summed E-state index contributed by atoms with van der Waals surface area (Å²) in [5, 5.41) is 15.2. The van der Waals surface area contributed by atoms with Crippen LogP contribution < -0.4 is 0 Å². The van der Waals surface area contributed by atoms with Crippen molar-refractivity contribution in [3.63, 3.8) is 0 Å². The van der Waals surface area contributed by atoms with Gasteiger partial charge in [-0.3, -0.25) is 0 Å². The van der Waals surface area contributed by atoms with Crippen molar-refractivity contribution in [2.45, 2.75) is 0 Å². The van der Waals surface area contributed by atoms with Crippen LogP contribution in [0.15, 0.2) is 182 Å². The maximum atomic E-state index is 2.44.